The minimum Gasteiger partial charge on any atom is -0.476 e. The molecule has 0 fully saturated rings. The minimum absolute atomic E-state index is 0.0505. The maximum atomic E-state index is 11.7. The average Bonchev–Trinajstić information content (AvgIpc) is 2.68. The highest BCUT2D eigenvalue weighted by molar-refractivity contribution is 7.11. The van der Waals surface area contributed by atoms with Gasteiger partial charge >= 0.3 is 5.97 Å². The Kier molecular flexibility index (Phi) is 3.79. The van der Waals surface area contributed by atoms with Crippen LogP contribution in [0.1, 0.15) is 34.1 Å². The molecule has 0 aliphatic rings. The molecule has 1 rings (SSSR count). The normalized spacial score (nSPS) is 10.0. The Morgan fingerprint density at radius 2 is 2.07 bits per heavy atom. The van der Waals surface area contributed by atoms with Gasteiger partial charge in [-0.3, -0.25) is 4.79 Å². The SMILES string of the molecule is CCN(CC)C(=O)c1csc(C(=O)O)n1. The number of carbonyl (C=O) groups excluding carboxylic acids is 1. The number of thiazole rings is 1. The molecule has 1 aromatic rings. The number of hydrogen-bond donors (Lipinski definition) is 1. The van der Waals surface area contributed by atoms with Crippen LogP contribution in [-0.2, 0) is 0 Å². The van der Waals surface area contributed by atoms with Gasteiger partial charge in [-0.25, -0.2) is 9.78 Å². The lowest BCUT2D eigenvalue weighted by molar-refractivity contribution is 0.0696. The lowest BCUT2D eigenvalue weighted by Gasteiger charge is -2.16. The fourth-order valence-corrected chi connectivity index (χ4v) is 1.77. The van der Waals surface area contributed by atoms with Crippen LogP contribution in [0.15, 0.2) is 5.38 Å². The van der Waals surface area contributed by atoms with Crippen molar-refractivity contribution < 1.29 is 14.7 Å². The first-order chi connectivity index (χ1) is 7.10. The molecule has 0 bridgehead atoms. The summed E-state index contributed by atoms with van der Waals surface area (Å²) in [4.78, 5) is 27.6. The molecule has 5 nitrogen and oxygen atoms in total. The van der Waals surface area contributed by atoms with Gasteiger partial charge in [0.25, 0.3) is 5.91 Å². The number of nitrogens with zero attached hydrogens (tertiary/aromatic N) is 2. The minimum atomic E-state index is -1.10. The van der Waals surface area contributed by atoms with Gasteiger partial charge in [0.2, 0.25) is 5.01 Å². The number of aromatic carboxylic acids is 1. The van der Waals surface area contributed by atoms with Crippen LogP contribution in [0.3, 0.4) is 0 Å². The molecule has 0 aliphatic carbocycles. The second-order valence-corrected chi connectivity index (χ2v) is 3.68. The van der Waals surface area contributed by atoms with Gasteiger partial charge in [-0.05, 0) is 13.8 Å². The van der Waals surface area contributed by atoms with Crippen LogP contribution in [0.4, 0.5) is 0 Å². The van der Waals surface area contributed by atoms with Crippen molar-refractivity contribution in [3.05, 3.63) is 16.1 Å². The van der Waals surface area contributed by atoms with Gasteiger partial charge in [0.15, 0.2) is 0 Å². The Morgan fingerprint density at radius 1 is 1.47 bits per heavy atom. The van der Waals surface area contributed by atoms with Gasteiger partial charge in [0.05, 0.1) is 0 Å². The predicted molar refractivity (Wildman–Crippen MR) is 56.3 cm³/mol. The molecule has 1 N–H and O–H groups in total. The Hall–Kier alpha value is -1.43. The van der Waals surface area contributed by atoms with E-state index < -0.39 is 5.97 Å². The monoisotopic (exact) mass is 228 g/mol. The predicted octanol–water partition coefficient (Wildman–Crippen LogP) is 1.32. The van der Waals surface area contributed by atoms with Crippen molar-refractivity contribution in [1.29, 1.82) is 0 Å². The first-order valence-corrected chi connectivity index (χ1v) is 5.46. The number of aromatic nitrogens is 1. The lowest BCUT2D eigenvalue weighted by Crippen LogP contribution is -2.30. The second-order valence-electron chi connectivity index (χ2n) is 2.82. The van der Waals surface area contributed by atoms with Crippen molar-refractivity contribution in [3.63, 3.8) is 0 Å². The van der Waals surface area contributed by atoms with Crippen LogP contribution in [0.25, 0.3) is 0 Å². The smallest absolute Gasteiger partial charge is 0.365 e. The second kappa shape index (κ2) is 4.88. The summed E-state index contributed by atoms with van der Waals surface area (Å²) in [5, 5.41) is 10.1. The Morgan fingerprint density at radius 3 is 2.47 bits per heavy atom. The average molecular weight is 228 g/mol. The van der Waals surface area contributed by atoms with E-state index in [1.807, 2.05) is 13.8 Å². The number of amides is 1. The highest BCUT2D eigenvalue weighted by Crippen LogP contribution is 2.11. The molecule has 0 aromatic carbocycles. The fourth-order valence-electron chi connectivity index (χ4n) is 1.14. The molecule has 0 aliphatic heterocycles. The standard InChI is InChI=1S/C9H12N2O3S/c1-3-11(4-2)8(12)6-5-15-7(10-6)9(13)14/h5H,3-4H2,1-2H3,(H,13,14). The van der Waals surface area contributed by atoms with Crippen LogP contribution in [-0.4, -0.2) is 40.0 Å². The third-order valence-corrected chi connectivity index (χ3v) is 2.79. The topological polar surface area (TPSA) is 70.5 Å². The van der Waals surface area contributed by atoms with Gasteiger partial charge in [-0.15, -0.1) is 11.3 Å². The van der Waals surface area contributed by atoms with E-state index in [1.54, 1.807) is 4.90 Å². The van der Waals surface area contributed by atoms with Crippen LogP contribution in [0.5, 0.6) is 0 Å². The molecule has 82 valence electrons. The lowest BCUT2D eigenvalue weighted by atomic mass is 10.4. The highest BCUT2D eigenvalue weighted by atomic mass is 32.1. The van der Waals surface area contributed by atoms with Gasteiger partial charge in [0.1, 0.15) is 5.69 Å². The molecule has 0 saturated heterocycles. The summed E-state index contributed by atoms with van der Waals surface area (Å²) in [5.74, 6) is -1.32. The number of rotatable bonds is 4. The van der Waals surface area contributed by atoms with E-state index in [-0.39, 0.29) is 16.6 Å². The zero-order valence-corrected chi connectivity index (χ0v) is 9.37. The molecule has 15 heavy (non-hydrogen) atoms. The van der Waals surface area contributed by atoms with Crippen molar-refractivity contribution in [1.82, 2.24) is 9.88 Å². The summed E-state index contributed by atoms with van der Waals surface area (Å²) in [6, 6.07) is 0. The summed E-state index contributed by atoms with van der Waals surface area (Å²) in [7, 11) is 0. The molecular weight excluding hydrogens is 216 g/mol. The summed E-state index contributed by atoms with van der Waals surface area (Å²) in [6.07, 6.45) is 0. The van der Waals surface area contributed by atoms with Crippen molar-refractivity contribution in [2.75, 3.05) is 13.1 Å². The van der Waals surface area contributed by atoms with Gasteiger partial charge < -0.3 is 10.0 Å². The molecule has 0 saturated carbocycles. The Labute approximate surface area is 91.4 Å². The third kappa shape index (κ3) is 2.53. The molecule has 1 heterocycles. The molecule has 0 unspecified atom stereocenters. The quantitative estimate of drug-likeness (QED) is 0.843. The van der Waals surface area contributed by atoms with Gasteiger partial charge in [-0.1, -0.05) is 0 Å². The van der Waals surface area contributed by atoms with Crippen molar-refractivity contribution in [3.8, 4) is 0 Å². The van der Waals surface area contributed by atoms with Crippen molar-refractivity contribution >= 4 is 23.2 Å². The number of carbonyl (C=O) groups is 2. The van der Waals surface area contributed by atoms with Gasteiger partial charge in [-0.2, -0.15) is 0 Å². The van der Waals surface area contributed by atoms with E-state index in [4.69, 9.17) is 5.11 Å². The summed E-state index contributed by atoms with van der Waals surface area (Å²) < 4.78 is 0. The summed E-state index contributed by atoms with van der Waals surface area (Å²) >= 11 is 0.966. The molecule has 0 atom stereocenters. The van der Waals surface area contributed by atoms with Crippen LogP contribution < -0.4 is 0 Å². The highest BCUT2D eigenvalue weighted by Gasteiger charge is 2.18. The first kappa shape index (κ1) is 11.6. The molecular formula is C9H12N2O3S. The maximum Gasteiger partial charge on any atom is 0.365 e. The van der Waals surface area contributed by atoms with E-state index in [2.05, 4.69) is 4.98 Å². The molecule has 0 spiro atoms. The molecule has 6 heteroatoms. The third-order valence-electron chi connectivity index (χ3n) is 1.96. The first-order valence-electron chi connectivity index (χ1n) is 4.58. The summed E-state index contributed by atoms with van der Waals surface area (Å²) in [5.41, 5.74) is 0.209. The largest absolute Gasteiger partial charge is 0.476 e. The number of hydrogen-bond acceptors (Lipinski definition) is 4. The van der Waals surface area contributed by atoms with Crippen LogP contribution in [0, 0.1) is 0 Å². The molecule has 1 amide bonds. The molecule has 0 radical (unpaired) electrons. The van der Waals surface area contributed by atoms with E-state index in [0.717, 1.165) is 11.3 Å². The van der Waals surface area contributed by atoms with E-state index >= 15 is 0 Å². The Bertz CT molecular complexity index is 371. The molecule has 1 aromatic heterocycles. The summed E-state index contributed by atoms with van der Waals surface area (Å²) in [6.45, 7) is 4.92. The van der Waals surface area contributed by atoms with Crippen molar-refractivity contribution in [2.45, 2.75) is 13.8 Å². The van der Waals surface area contributed by atoms with E-state index in [0.29, 0.717) is 13.1 Å². The number of carboxylic acids is 1. The maximum absolute atomic E-state index is 11.7. The zero-order chi connectivity index (χ0) is 11.4. The van der Waals surface area contributed by atoms with Gasteiger partial charge in [0, 0.05) is 18.5 Å². The Balaban J connectivity index is 2.86. The fraction of sp³-hybridized carbons (Fsp3) is 0.444. The number of carboxylic acid groups (broad SMARTS) is 1. The van der Waals surface area contributed by atoms with E-state index in [1.165, 1.54) is 5.38 Å². The van der Waals surface area contributed by atoms with E-state index in [9.17, 15) is 9.59 Å². The van der Waals surface area contributed by atoms with Crippen LogP contribution >= 0.6 is 11.3 Å². The van der Waals surface area contributed by atoms with Crippen LogP contribution in [0.2, 0.25) is 0 Å². The zero-order valence-electron chi connectivity index (χ0n) is 8.56. The van der Waals surface area contributed by atoms with Crippen molar-refractivity contribution in [2.24, 2.45) is 0 Å².